The van der Waals surface area contributed by atoms with Gasteiger partial charge in [0.1, 0.15) is 17.8 Å². The van der Waals surface area contributed by atoms with Crippen LogP contribution in [0.25, 0.3) is 0 Å². The maximum atomic E-state index is 11.7. The van der Waals surface area contributed by atoms with Crippen molar-refractivity contribution in [1.29, 1.82) is 0 Å². The number of carboxylic acids is 1. The molecule has 0 aliphatic heterocycles. The van der Waals surface area contributed by atoms with Gasteiger partial charge in [0.2, 0.25) is 0 Å². The third kappa shape index (κ3) is 5.51. The lowest BCUT2D eigenvalue weighted by atomic mass is 10.1. The molecule has 0 saturated carbocycles. The van der Waals surface area contributed by atoms with Crippen LogP contribution in [0.2, 0.25) is 0 Å². The standard InChI is InChI=1S/C14H16O6/c1-14(2,3)20-13(18)9-4-6-10(7-5-9)19-12(17)8-11(15)16/h4-7H,8H2,1-3H3,(H,15,16). The minimum Gasteiger partial charge on any atom is -0.481 e. The van der Waals surface area contributed by atoms with Crippen LogP contribution >= 0.6 is 0 Å². The van der Waals surface area contributed by atoms with Crippen molar-refractivity contribution < 1.29 is 29.0 Å². The summed E-state index contributed by atoms with van der Waals surface area (Å²) < 4.78 is 9.96. The molecule has 6 nitrogen and oxygen atoms in total. The Hall–Kier alpha value is -2.37. The Morgan fingerprint density at radius 2 is 1.65 bits per heavy atom. The summed E-state index contributed by atoms with van der Waals surface area (Å²) in [5.41, 5.74) is -0.276. The van der Waals surface area contributed by atoms with E-state index in [0.29, 0.717) is 5.56 Å². The number of carbonyl (C=O) groups excluding carboxylic acids is 2. The first kappa shape index (κ1) is 15.7. The number of benzene rings is 1. The number of esters is 2. The molecule has 0 fully saturated rings. The monoisotopic (exact) mass is 280 g/mol. The third-order valence-corrected chi connectivity index (χ3v) is 2.02. The number of hydrogen-bond donors (Lipinski definition) is 1. The fourth-order valence-electron chi connectivity index (χ4n) is 1.29. The number of aliphatic carboxylic acids is 1. The van der Waals surface area contributed by atoms with Gasteiger partial charge in [-0.15, -0.1) is 0 Å². The Balaban J connectivity index is 2.67. The lowest BCUT2D eigenvalue weighted by Crippen LogP contribution is -2.23. The largest absolute Gasteiger partial charge is 0.481 e. The highest BCUT2D eigenvalue weighted by atomic mass is 16.6. The van der Waals surface area contributed by atoms with Crippen molar-refractivity contribution in [2.75, 3.05) is 0 Å². The molecule has 1 aromatic carbocycles. The molecule has 0 heterocycles. The summed E-state index contributed by atoms with van der Waals surface area (Å²) in [6, 6.07) is 5.69. The molecule has 6 heteroatoms. The molecule has 0 aromatic heterocycles. The Morgan fingerprint density at radius 1 is 1.10 bits per heavy atom. The van der Waals surface area contributed by atoms with E-state index in [0.717, 1.165) is 0 Å². The summed E-state index contributed by atoms with van der Waals surface area (Å²) in [4.78, 5) is 33.2. The van der Waals surface area contributed by atoms with Gasteiger partial charge in [0.25, 0.3) is 0 Å². The maximum Gasteiger partial charge on any atom is 0.338 e. The zero-order valence-corrected chi connectivity index (χ0v) is 11.5. The second-order valence-electron chi connectivity index (χ2n) is 5.07. The lowest BCUT2D eigenvalue weighted by Gasteiger charge is -2.19. The molecule has 1 rings (SSSR count). The van der Waals surface area contributed by atoms with Crippen LogP contribution in [0, 0.1) is 0 Å². The summed E-state index contributed by atoms with van der Waals surface area (Å²) in [7, 11) is 0. The van der Waals surface area contributed by atoms with Gasteiger partial charge >= 0.3 is 17.9 Å². The van der Waals surface area contributed by atoms with Crippen LogP contribution in [0.4, 0.5) is 0 Å². The summed E-state index contributed by atoms with van der Waals surface area (Å²) in [5.74, 6) is -2.45. The zero-order chi connectivity index (χ0) is 15.3. The molecule has 0 amide bonds. The lowest BCUT2D eigenvalue weighted by molar-refractivity contribution is -0.145. The summed E-state index contributed by atoms with van der Waals surface area (Å²) in [6.07, 6.45) is -0.714. The van der Waals surface area contributed by atoms with Gasteiger partial charge in [-0.25, -0.2) is 4.79 Å². The van der Waals surface area contributed by atoms with Crippen LogP contribution in [-0.4, -0.2) is 28.6 Å². The van der Waals surface area contributed by atoms with Gasteiger partial charge < -0.3 is 14.6 Å². The van der Waals surface area contributed by atoms with E-state index in [1.54, 1.807) is 20.8 Å². The van der Waals surface area contributed by atoms with Crippen molar-refractivity contribution in [2.24, 2.45) is 0 Å². The fraction of sp³-hybridized carbons (Fsp3) is 0.357. The first-order valence-electron chi connectivity index (χ1n) is 5.93. The van der Waals surface area contributed by atoms with Crippen LogP contribution < -0.4 is 4.74 Å². The van der Waals surface area contributed by atoms with Crippen molar-refractivity contribution in [3.05, 3.63) is 29.8 Å². The van der Waals surface area contributed by atoms with Crippen LogP contribution in [0.15, 0.2) is 24.3 Å². The average molecular weight is 280 g/mol. The van der Waals surface area contributed by atoms with Gasteiger partial charge in [-0.2, -0.15) is 0 Å². The van der Waals surface area contributed by atoms with E-state index in [9.17, 15) is 14.4 Å². The van der Waals surface area contributed by atoms with Gasteiger partial charge in [0, 0.05) is 0 Å². The molecule has 1 aromatic rings. The molecule has 0 aliphatic rings. The maximum absolute atomic E-state index is 11.7. The number of rotatable bonds is 4. The highest BCUT2D eigenvalue weighted by Crippen LogP contribution is 2.16. The van der Waals surface area contributed by atoms with Crippen LogP contribution in [-0.2, 0) is 14.3 Å². The molecule has 0 bridgehead atoms. The second kappa shape index (κ2) is 6.18. The minimum absolute atomic E-state index is 0.170. The van der Waals surface area contributed by atoms with Gasteiger partial charge in [-0.05, 0) is 45.0 Å². The summed E-state index contributed by atoms with van der Waals surface area (Å²) in [6.45, 7) is 5.27. The van der Waals surface area contributed by atoms with Gasteiger partial charge in [-0.1, -0.05) is 0 Å². The van der Waals surface area contributed by atoms with E-state index in [1.807, 2.05) is 0 Å². The van der Waals surface area contributed by atoms with Crippen LogP contribution in [0.5, 0.6) is 5.75 Å². The quantitative estimate of drug-likeness (QED) is 0.515. The molecule has 1 N–H and O–H groups in total. The molecule has 0 unspecified atom stereocenters. The molecule has 0 saturated heterocycles. The number of ether oxygens (including phenoxy) is 2. The van der Waals surface area contributed by atoms with Crippen LogP contribution in [0.3, 0.4) is 0 Å². The molecule has 0 aliphatic carbocycles. The Morgan fingerprint density at radius 3 is 2.10 bits per heavy atom. The predicted octanol–water partition coefficient (Wildman–Crippen LogP) is 2.02. The Kier molecular flexibility index (Phi) is 4.85. The van der Waals surface area contributed by atoms with E-state index < -0.39 is 29.9 Å². The summed E-state index contributed by atoms with van der Waals surface area (Å²) in [5, 5.41) is 8.42. The van der Waals surface area contributed by atoms with Crippen LogP contribution in [0.1, 0.15) is 37.6 Å². The van der Waals surface area contributed by atoms with Crippen molar-refractivity contribution in [3.8, 4) is 5.75 Å². The highest BCUT2D eigenvalue weighted by Gasteiger charge is 2.18. The molecule has 20 heavy (non-hydrogen) atoms. The second-order valence-corrected chi connectivity index (χ2v) is 5.07. The van der Waals surface area contributed by atoms with Gasteiger partial charge in [0.05, 0.1) is 5.56 Å². The topological polar surface area (TPSA) is 89.9 Å². The number of carbonyl (C=O) groups is 3. The SMILES string of the molecule is CC(C)(C)OC(=O)c1ccc(OC(=O)CC(=O)O)cc1. The van der Waals surface area contributed by atoms with E-state index in [4.69, 9.17) is 14.6 Å². The van der Waals surface area contributed by atoms with E-state index in [1.165, 1.54) is 24.3 Å². The van der Waals surface area contributed by atoms with Crippen molar-refractivity contribution in [1.82, 2.24) is 0 Å². The Bertz CT molecular complexity index is 509. The summed E-state index contributed by atoms with van der Waals surface area (Å²) >= 11 is 0. The molecule has 0 spiro atoms. The first-order chi connectivity index (χ1) is 9.17. The zero-order valence-electron chi connectivity index (χ0n) is 11.5. The molecule has 0 radical (unpaired) electrons. The normalized spacial score (nSPS) is 10.8. The Labute approximate surface area is 116 Å². The van der Waals surface area contributed by atoms with E-state index in [2.05, 4.69) is 0 Å². The van der Waals surface area contributed by atoms with E-state index in [-0.39, 0.29) is 5.75 Å². The number of carboxylic acid groups (broad SMARTS) is 1. The molecule has 108 valence electrons. The fourth-order valence-corrected chi connectivity index (χ4v) is 1.29. The van der Waals surface area contributed by atoms with Crippen molar-refractivity contribution >= 4 is 17.9 Å². The highest BCUT2D eigenvalue weighted by molar-refractivity contribution is 5.92. The van der Waals surface area contributed by atoms with Gasteiger partial charge in [0.15, 0.2) is 0 Å². The van der Waals surface area contributed by atoms with Crippen molar-refractivity contribution in [3.63, 3.8) is 0 Å². The van der Waals surface area contributed by atoms with Crippen molar-refractivity contribution in [2.45, 2.75) is 32.8 Å². The first-order valence-corrected chi connectivity index (χ1v) is 5.93. The number of hydrogen-bond acceptors (Lipinski definition) is 5. The smallest absolute Gasteiger partial charge is 0.338 e. The molecule has 0 atom stereocenters. The molecular weight excluding hydrogens is 264 g/mol. The average Bonchev–Trinajstić information content (AvgIpc) is 2.26. The van der Waals surface area contributed by atoms with Gasteiger partial charge in [-0.3, -0.25) is 9.59 Å². The third-order valence-electron chi connectivity index (χ3n) is 2.02. The molecular formula is C14H16O6. The minimum atomic E-state index is -1.26. The predicted molar refractivity (Wildman–Crippen MR) is 69.5 cm³/mol. The van der Waals surface area contributed by atoms with E-state index >= 15 is 0 Å².